The van der Waals surface area contributed by atoms with E-state index in [0.29, 0.717) is 0 Å². The molecule has 5 heteroatoms. The van der Waals surface area contributed by atoms with E-state index in [1.807, 2.05) is 13.0 Å². The standard InChI is InChI=1S/C28H25N5/c1-20-17-27(33-26-12-5-4-11-25(26)30-28(33)24(20)18-29)32-15-13-31(14-16-32)19-22-9-6-8-21-7-2-3-10-23(21)22/h2-12,17H,13-16,19H2,1H3/p+2. The number of hydrogen-bond donors (Lipinski definition) is 2. The summed E-state index contributed by atoms with van der Waals surface area (Å²) in [5.74, 6) is 1.17. The lowest BCUT2D eigenvalue weighted by atomic mass is 10.0. The molecule has 0 unspecified atom stereocenters. The van der Waals surface area contributed by atoms with Crippen LogP contribution in [0, 0.1) is 18.3 Å². The zero-order valence-electron chi connectivity index (χ0n) is 18.8. The summed E-state index contributed by atoms with van der Waals surface area (Å²) in [4.78, 5) is 7.58. The molecule has 2 aromatic heterocycles. The lowest BCUT2D eigenvalue weighted by Gasteiger charge is -2.30. The van der Waals surface area contributed by atoms with E-state index in [0.717, 1.165) is 60.5 Å². The van der Waals surface area contributed by atoms with Gasteiger partial charge in [-0.05, 0) is 35.4 Å². The van der Waals surface area contributed by atoms with Gasteiger partial charge in [0.2, 0.25) is 11.5 Å². The van der Waals surface area contributed by atoms with Gasteiger partial charge in [-0.15, -0.1) is 0 Å². The fourth-order valence-electron chi connectivity index (χ4n) is 5.33. The van der Waals surface area contributed by atoms with E-state index in [1.165, 1.54) is 22.2 Å². The van der Waals surface area contributed by atoms with Gasteiger partial charge < -0.3 is 4.90 Å². The number of rotatable bonds is 3. The number of nitriles is 1. The molecular weight excluding hydrogens is 406 g/mol. The number of aromatic nitrogens is 2. The minimum absolute atomic E-state index is 0.718. The first kappa shape index (κ1) is 19.8. The van der Waals surface area contributed by atoms with E-state index >= 15 is 0 Å². The number of imidazole rings is 1. The van der Waals surface area contributed by atoms with Crippen molar-refractivity contribution in [2.75, 3.05) is 31.1 Å². The Balaban J connectivity index is 1.31. The van der Waals surface area contributed by atoms with Crippen molar-refractivity contribution >= 4 is 33.3 Å². The summed E-state index contributed by atoms with van der Waals surface area (Å²) in [7, 11) is 0. The Bertz CT molecular complexity index is 1530. The minimum Gasteiger partial charge on any atom is -0.326 e. The van der Waals surface area contributed by atoms with E-state index in [-0.39, 0.29) is 0 Å². The van der Waals surface area contributed by atoms with Gasteiger partial charge in [0.1, 0.15) is 55.4 Å². The zero-order valence-corrected chi connectivity index (χ0v) is 18.8. The number of pyridine rings is 1. The Morgan fingerprint density at radius 2 is 1.76 bits per heavy atom. The van der Waals surface area contributed by atoms with Crippen LogP contribution in [0.1, 0.15) is 16.7 Å². The van der Waals surface area contributed by atoms with E-state index in [2.05, 4.69) is 87.1 Å². The molecule has 1 fully saturated rings. The van der Waals surface area contributed by atoms with Gasteiger partial charge >= 0.3 is 0 Å². The average molecular weight is 434 g/mol. The highest BCUT2D eigenvalue weighted by Gasteiger charge is 2.29. The number of H-pyrrole nitrogens is 1. The monoisotopic (exact) mass is 433 g/mol. The van der Waals surface area contributed by atoms with Gasteiger partial charge in [0, 0.05) is 11.6 Å². The molecule has 1 saturated heterocycles. The molecule has 5 aromatic rings. The van der Waals surface area contributed by atoms with Crippen molar-refractivity contribution in [1.82, 2.24) is 4.98 Å². The topological polar surface area (TPSA) is 51.4 Å². The molecule has 1 aliphatic heterocycles. The Hall–Kier alpha value is -3.88. The Labute approximate surface area is 193 Å². The number of anilines is 1. The molecule has 0 atom stereocenters. The van der Waals surface area contributed by atoms with Crippen LogP contribution in [0.5, 0.6) is 0 Å². The molecule has 0 amide bonds. The zero-order chi connectivity index (χ0) is 22.4. The maximum absolute atomic E-state index is 9.79. The predicted octanol–water partition coefficient (Wildman–Crippen LogP) is 3.15. The van der Waals surface area contributed by atoms with Crippen LogP contribution in [0.4, 0.5) is 5.82 Å². The van der Waals surface area contributed by atoms with Crippen molar-refractivity contribution in [3.8, 4) is 6.07 Å². The van der Waals surface area contributed by atoms with Crippen LogP contribution >= 0.6 is 0 Å². The summed E-state index contributed by atoms with van der Waals surface area (Å²) >= 11 is 0. The molecule has 0 bridgehead atoms. The Morgan fingerprint density at radius 1 is 1.00 bits per heavy atom. The van der Waals surface area contributed by atoms with Crippen LogP contribution < -0.4 is 14.2 Å². The Morgan fingerprint density at radius 3 is 2.61 bits per heavy atom. The van der Waals surface area contributed by atoms with E-state index < -0.39 is 0 Å². The van der Waals surface area contributed by atoms with Gasteiger partial charge in [-0.2, -0.15) is 9.66 Å². The number of quaternary nitrogens is 1. The molecule has 0 saturated carbocycles. The molecule has 162 valence electrons. The number of nitrogens with zero attached hydrogens (tertiary/aromatic N) is 3. The highest BCUT2D eigenvalue weighted by Crippen LogP contribution is 2.23. The van der Waals surface area contributed by atoms with Crippen LogP contribution in [-0.4, -0.2) is 31.2 Å². The molecule has 6 rings (SSSR count). The maximum atomic E-state index is 9.79. The molecule has 3 aromatic carbocycles. The van der Waals surface area contributed by atoms with Crippen LogP contribution in [-0.2, 0) is 6.54 Å². The summed E-state index contributed by atoms with van der Waals surface area (Å²) in [6.07, 6.45) is 0. The van der Waals surface area contributed by atoms with Crippen molar-refractivity contribution < 1.29 is 9.30 Å². The van der Waals surface area contributed by atoms with Crippen molar-refractivity contribution in [3.05, 3.63) is 89.5 Å². The number of fused-ring (bicyclic) bond motifs is 4. The lowest BCUT2D eigenvalue weighted by Crippen LogP contribution is -3.13. The van der Waals surface area contributed by atoms with Gasteiger partial charge in [0.05, 0.1) is 0 Å². The van der Waals surface area contributed by atoms with Gasteiger partial charge in [-0.1, -0.05) is 54.6 Å². The van der Waals surface area contributed by atoms with E-state index in [9.17, 15) is 5.26 Å². The number of hydrogen-bond acceptors (Lipinski definition) is 2. The molecule has 5 nitrogen and oxygen atoms in total. The smallest absolute Gasteiger partial charge is 0.250 e. The molecule has 3 heterocycles. The van der Waals surface area contributed by atoms with Crippen molar-refractivity contribution in [2.24, 2.45) is 0 Å². The van der Waals surface area contributed by atoms with E-state index in [4.69, 9.17) is 0 Å². The summed E-state index contributed by atoms with van der Waals surface area (Å²) in [6, 6.07) is 28.2. The highest BCUT2D eigenvalue weighted by atomic mass is 15.3. The van der Waals surface area contributed by atoms with Gasteiger partial charge in [0.25, 0.3) is 0 Å². The third-order valence-electron chi connectivity index (χ3n) is 7.05. The van der Waals surface area contributed by atoms with Gasteiger partial charge in [-0.25, -0.2) is 0 Å². The maximum Gasteiger partial charge on any atom is 0.250 e. The molecule has 1 aliphatic rings. The summed E-state index contributed by atoms with van der Waals surface area (Å²) in [5.41, 5.74) is 6.23. The lowest BCUT2D eigenvalue weighted by molar-refractivity contribution is -0.914. The molecule has 0 aliphatic carbocycles. The SMILES string of the molecule is Cc1cc(N2CC[NH+](Cc3cccc4ccccc34)CC2)[n+]2c([nH]c3ccccc32)c1C#N. The number of aromatic amines is 1. The van der Waals surface area contributed by atoms with Crippen LogP contribution in [0.3, 0.4) is 0 Å². The van der Waals surface area contributed by atoms with Crippen molar-refractivity contribution in [2.45, 2.75) is 13.5 Å². The number of para-hydroxylation sites is 2. The third kappa shape index (κ3) is 3.31. The minimum atomic E-state index is 0.718. The first-order valence-corrected chi connectivity index (χ1v) is 11.6. The largest absolute Gasteiger partial charge is 0.326 e. The molecule has 33 heavy (non-hydrogen) atoms. The first-order chi connectivity index (χ1) is 16.2. The molecule has 2 N–H and O–H groups in total. The van der Waals surface area contributed by atoms with Gasteiger partial charge in [-0.3, -0.25) is 9.88 Å². The number of benzene rings is 3. The summed E-state index contributed by atoms with van der Waals surface area (Å²) in [6.45, 7) is 7.26. The van der Waals surface area contributed by atoms with Crippen molar-refractivity contribution in [1.29, 1.82) is 5.26 Å². The predicted molar refractivity (Wildman–Crippen MR) is 131 cm³/mol. The number of aryl methyl sites for hydroxylation is 1. The molecular formula is C28H27N5+2. The fraction of sp³-hybridized carbons (Fsp3) is 0.214. The second kappa shape index (κ2) is 7.91. The Kier molecular flexibility index (Phi) is 4.74. The number of nitrogens with one attached hydrogen (secondary N) is 2. The van der Waals surface area contributed by atoms with Crippen LogP contribution in [0.25, 0.3) is 27.5 Å². The molecule has 0 radical (unpaired) electrons. The van der Waals surface area contributed by atoms with Crippen LogP contribution in [0.15, 0.2) is 72.8 Å². The van der Waals surface area contributed by atoms with Crippen LogP contribution in [0.2, 0.25) is 0 Å². The highest BCUT2D eigenvalue weighted by molar-refractivity contribution is 5.85. The molecule has 0 spiro atoms. The fourth-order valence-corrected chi connectivity index (χ4v) is 5.33. The second-order valence-electron chi connectivity index (χ2n) is 9.05. The first-order valence-electron chi connectivity index (χ1n) is 11.6. The summed E-state index contributed by atoms with van der Waals surface area (Å²) < 4.78 is 2.23. The van der Waals surface area contributed by atoms with Crippen molar-refractivity contribution in [3.63, 3.8) is 0 Å². The third-order valence-corrected chi connectivity index (χ3v) is 7.05. The summed E-state index contributed by atoms with van der Waals surface area (Å²) in [5, 5.41) is 12.5. The average Bonchev–Trinajstić information content (AvgIpc) is 3.24. The number of piperazine rings is 1. The van der Waals surface area contributed by atoms with Gasteiger partial charge in [0.15, 0.2) is 0 Å². The normalized spacial score (nSPS) is 14.8. The quantitative estimate of drug-likeness (QED) is 0.430. The second-order valence-corrected chi connectivity index (χ2v) is 9.05. The van der Waals surface area contributed by atoms with E-state index in [1.54, 1.807) is 4.90 Å².